The normalized spacial score (nSPS) is 25.3. The van der Waals surface area contributed by atoms with Crippen molar-refractivity contribution < 1.29 is 4.79 Å². The van der Waals surface area contributed by atoms with Crippen LogP contribution >= 0.6 is 0 Å². The average molecular weight is 462 g/mol. The summed E-state index contributed by atoms with van der Waals surface area (Å²) >= 11 is 0. The lowest BCUT2D eigenvalue weighted by Gasteiger charge is -2.38. The molecule has 1 atom stereocenters. The van der Waals surface area contributed by atoms with Crippen LogP contribution in [-0.4, -0.2) is 72.1 Å². The highest BCUT2D eigenvalue weighted by Gasteiger charge is 2.55. The number of rotatable bonds is 4. The Labute approximate surface area is 201 Å². The van der Waals surface area contributed by atoms with Crippen molar-refractivity contribution in [2.45, 2.75) is 57.0 Å². The third-order valence-electron chi connectivity index (χ3n) is 8.25. The highest BCUT2D eigenvalue weighted by atomic mass is 16.2. The first-order valence-electron chi connectivity index (χ1n) is 12.8. The zero-order chi connectivity index (χ0) is 23.3. The SMILES string of the molecule is Cc1cc(Nc2ncc3c(n2)N(C2CCCC2)C2(CCNC2=O)C3)ccc1N1CCN(C)CC1. The zero-order valence-electron chi connectivity index (χ0n) is 20.3. The van der Waals surface area contributed by atoms with Crippen molar-refractivity contribution in [3.05, 3.63) is 35.5 Å². The zero-order valence-corrected chi connectivity index (χ0v) is 20.3. The molecular weight excluding hydrogens is 426 g/mol. The van der Waals surface area contributed by atoms with Gasteiger partial charge < -0.3 is 25.3 Å². The standard InChI is InChI=1S/C26H35N7O/c1-18-15-20(7-8-22(18)32-13-11-31(2)12-14-32)29-25-28-17-19-16-26(9-10-27-24(26)34)33(23(19)30-25)21-5-3-4-6-21/h7-8,15,17,21H,3-6,9-14,16H2,1-2H3,(H,27,34)(H,28,29,30). The molecule has 8 heteroatoms. The maximum absolute atomic E-state index is 13.0. The summed E-state index contributed by atoms with van der Waals surface area (Å²) in [5, 5.41) is 6.52. The number of benzene rings is 1. The van der Waals surface area contributed by atoms with E-state index in [0.717, 1.165) is 69.1 Å². The molecule has 4 aliphatic rings. The lowest BCUT2D eigenvalue weighted by Crippen LogP contribution is -2.56. The number of carbonyl (C=O) groups excluding carboxylic acids is 1. The first-order valence-corrected chi connectivity index (χ1v) is 12.8. The minimum absolute atomic E-state index is 0.155. The summed E-state index contributed by atoms with van der Waals surface area (Å²) in [4.78, 5) is 29.8. The number of amides is 1. The van der Waals surface area contributed by atoms with Crippen molar-refractivity contribution in [2.24, 2.45) is 0 Å². The van der Waals surface area contributed by atoms with Gasteiger partial charge in [-0.2, -0.15) is 4.98 Å². The molecule has 0 radical (unpaired) electrons. The van der Waals surface area contributed by atoms with Crippen LogP contribution in [0.4, 0.5) is 23.1 Å². The van der Waals surface area contributed by atoms with Gasteiger partial charge in [-0.3, -0.25) is 4.79 Å². The summed E-state index contributed by atoms with van der Waals surface area (Å²) in [5.74, 6) is 1.71. The number of nitrogens with one attached hydrogen (secondary N) is 2. The van der Waals surface area contributed by atoms with Crippen molar-refractivity contribution in [2.75, 3.05) is 54.9 Å². The van der Waals surface area contributed by atoms with E-state index in [2.05, 4.69) is 62.5 Å². The van der Waals surface area contributed by atoms with E-state index in [4.69, 9.17) is 4.98 Å². The van der Waals surface area contributed by atoms with Gasteiger partial charge in [-0.05, 0) is 57.0 Å². The van der Waals surface area contributed by atoms with Gasteiger partial charge in [-0.15, -0.1) is 0 Å². The van der Waals surface area contributed by atoms with Gasteiger partial charge in [-0.25, -0.2) is 4.98 Å². The van der Waals surface area contributed by atoms with Crippen LogP contribution in [-0.2, 0) is 11.2 Å². The molecule has 1 unspecified atom stereocenters. The van der Waals surface area contributed by atoms with E-state index in [-0.39, 0.29) is 5.91 Å². The topological polar surface area (TPSA) is 76.6 Å². The Kier molecular flexibility index (Phi) is 5.36. The number of nitrogens with zero attached hydrogens (tertiary/aromatic N) is 5. The number of aromatic nitrogens is 2. The van der Waals surface area contributed by atoms with E-state index >= 15 is 0 Å². The predicted octanol–water partition coefficient (Wildman–Crippen LogP) is 2.84. The first kappa shape index (κ1) is 21.6. The van der Waals surface area contributed by atoms with Crippen molar-refractivity contribution in [1.82, 2.24) is 20.2 Å². The Morgan fingerprint density at radius 3 is 2.65 bits per heavy atom. The fraction of sp³-hybridized carbons (Fsp3) is 0.577. The molecule has 0 bridgehead atoms. The third kappa shape index (κ3) is 3.59. The molecule has 4 heterocycles. The molecule has 2 N–H and O–H groups in total. The second-order valence-electron chi connectivity index (χ2n) is 10.5. The smallest absolute Gasteiger partial charge is 0.246 e. The fourth-order valence-electron chi connectivity index (χ4n) is 6.40. The van der Waals surface area contributed by atoms with E-state index in [1.165, 1.54) is 24.1 Å². The van der Waals surface area contributed by atoms with Crippen LogP contribution in [0.5, 0.6) is 0 Å². The van der Waals surface area contributed by atoms with Gasteiger partial charge in [0.05, 0.1) is 0 Å². The van der Waals surface area contributed by atoms with Crippen LogP contribution in [0.15, 0.2) is 24.4 Å². The van der Waals surface area contributed by atoms with Gasteiger partial charge in [0.15, 0.2) is 0 Å². The molecule has 3 fully saturated rings. The van der Waals surface area contributed by atoms with Gasteiger partial charge in [-0.1, -0.05) is 12.8 Å². The molecule has 6 rings (SSSR count). The molecule has 3 aliphatic heterocycles. The van der Waals surface area contributed by atoms with Crippen LogP contribution in [0.2, 0.25) is 0 Å². The van der Waals surface area contributed by atoms with Crippen LogP contribution in [0.25, 0.3) is 0 Å². The summed E-state index contributed by atoms with van der Waals surface area (Å²) in [5.41, 5.74) is 4.16. The van der Waals surface area contributed by atoms with Crippen molar-refractivity contribution in [3.8, 4) is 0 Å². The molecule has 2 aromatic rings. The minimum atomic E-state index is -0.481. The number of likely N-dealkylation sites (N-methyl/N-ethyl adjacent to an activating group) is 1. The maximum atomic E-state index is 13.0. The third-order valence-corrected chi connectivity index (χ3v) is 8.25. The Balaban J connectivity index is 1.26. The summed E-state index contributed by atoms with van der Waals surface area (Å²) in [6.07, 6.45) is 8.20. The van der Waals surface area contributed by atoms with Crippen LogP contribution in [0.1, 0.15) is 43.2 Å². The Morgan fingerprint density at radius 2 is 1.94 bits per heavy atom. The van der Waals surface area contributed by atoms with Gasteiger partial charge >= 0.3 is 0 Å². The molecule has 1 amide bonds. The number of carbonyl (C=O) groups is 1. The minimum Gasteiger partial charge on any atom is -0.369 e. The summed E-state index contributed by atoms with van der Waals surface area (Å²) in [7, 11) is 2.18. The number of hydrogen-bond acceptors (Lipinski definition) is 7. The van der Waals surface area contributed by atoms with Crippen LogP contribution < -0.4 is 20.4 Å². The Hall–Kier alpha value is -2.87. The summed E-state index contributed by atoms with van der Waals surface area (Å²) in [6.45, 7) is 7.23. The molecule has 1 saturated carbocycles. The van der Waals surface area contributed by atoms with E-state index in [1.54, 1.807) is 0 Å². The number of anilines is 4. The van der Waals surface area contributed by atoms with Gasteiger partial charge in [0, 0.05) is 68.3 Å². The molecular formula is C26H35N7O. The quantitative estimate of drug-likeness (QED) is 0.725. The molecule has 1 aromatic heterocycles. The average Bonchev–Trinajstić information content (AvgIpc) is 3.54. The lowest BCUT2D eigenvalue weighted by molar-refractivity contribution is -0.123. The van der Waals surface area contributed by atoms with E-state index < -0.39 is 5.54 Å². The Morgan fingerprint density at radius 1 is 1.15 bits per heavy atom. The number of fused-ring (bicyclic) bond motifs is 1. The number of aryl methyl sites for hydroxylation is 1. The van der Waals surface area contributed by atoms with Gasteiger partial charge in [0.1, 0.15) is 11.4 Å². The highest BCUT2D eigenvalue weighted by Crippen LogP contribution is 2.46. The van der Waals surface area contributed by atoms with E-state index in [0.29, 0.717) is 18.4 Å². The predicted molar refractivity (Wildman–Crippen MR) is 135 cm³/mol. The largest absolute Gasteiger partial charge is 0.369 e. The molecule has 1 aliphatic carbocycles. The number of hydrogen-bond donors (Lipinski definition) is 2. The Bertz CT molecular complexity index is 1090. The van der Waals surface area contributed by atoms with Crippen molar-refractivity contribution >= 4 is 29.0 Å². The second kappa shape index (κ2) is 8.41. The number of piperazine rings is 1. The molecule has 1 spiro atoms. The molecule has 34 heavy (non-hydrogen) atoms. The molecule has 1 aromatic carbocycles. The second-order valence-corrected chi connectivity index (χ2v) is 10.5. The van der Waals surface area contributed by atoms with Crippen molar-refractivity contribution in [3.63, 3.8) is 0 Å². The molecule has 180 valence electrons. The van der Waals surface area contributed by atoms with Crippen LogP contribution in [0.3, 0.4) is 0 Å². The highest BCUT2D eigenvalue weighted by molar-refractivity contribution is 5.94. The summed E-state index contributed by atoms with van der Waals surface area (Å²) in [6, 6.07) is 6.90. The maximum Gasteiger partial charge on any atom is 0.246 e. The van der Waals surface area contributed by atoms with E-state index in [1.807, 2.05) is 6.20 Å². The van der Waals surface area contributed by atoms with E-state index in [9.17, 15) is 4.79 Å². The molecule has 2 saturated heterocycles. The van der Waals surface area contributed by atoms with Gasteiger partial charge in [0.25, 0.3) is 0 Å². The van der Waals surface area contributed by atoms with Crippen molar-refractivity contribution in [1.29, 1.82) is 0 Å². The fourth-order valence-corrected chi connectivity index (χ4v) is 6.40. The molecule has 8 nitrogen and oxygen atoms in total. The van der Waals surface area contributed by atoms with Gasteiger partial charge in [0.2, 0.25) is 11.9 Å². The first-order chi connectivity index (χ1) is 16.5. The van der Waals surface area contributed by atoms with Crippen LogP contribution in [0, 0.1) is 6.92 Å². The monoisotopic (exact) mass is 461 g/mol. The lowest BCUT2D eigenvalue weighted by atomic mass is 9.91. The summed E-state index contributed by atoms with van der Waals surface area (Å²) < 4.78 is 0.